The minimum atomic E-state index is 0.370. The normalized spacial score (nSPS) is 25.1. The molecule has 2 atom stereocenters. The molecular formula is C13H27NO3. The summed E-state index contributed by atoms with van der Waals surface area (Å²) in [6.07, 6.45) is 5.40. The van der Waals surface area contributed by atoms with Gasteiger partial charge < -0.3 is 19.5 Å². The van der Waals surface area contributed by atoms with Crippen molar-refractivity contribution in [2.45, 2.75) is 44.8 Å². The van der Waals surface area contributed by atoms with Crippen molar-refractivity contribution < 1.29 is 14.2 Å². The first-order valence-corrected chi connectivity index (χ1v) is 6.80. The number of ether oxygens (including phenoxy) is 3. The summed E-state index contributed by atoms with van der Waals surface area (Å²) >= 11 is 0. The molecule has 0 radical (unpaired) electrons. The summed E-state index contributed by atoms with van der Waals surface area (Å²) in [5.74, 6) is 0. The van der Waals surface area contributed by atoms with Crippen molar-refractivity contribution in [2.75, 3.05) is 40.1 Å². The van der Waals surface area contributed by atoms with Crippen molar-refractivity contribution in [3.8, 4) is 0 Å². The first-order chi connectivity index (χ1) is 8.38. The third-order valence-corrected chi connectivity index (χ3v) is 3.16. The molecule has 17 heavy (non-hydrogen) atoms. The molecular weight excluding hydrogens is 218 g/mol. The van der Waals surface area contributed by atoms with E-state index >= 15 is 0 Å². The lowest BCUT2D eigenvalue weighted by atomic mass is 9.92. The fraction of sp³-hybridized carbons (Fsp3) is 1.00. The van der Waals surface area contributed by atoms with Gasteiger partial charge in [0.25, 0.3) is 0 Å². The van der Waals surface area contributed by atoms with Gasteiger partial charge >= 0.3 is 0 Å². The summed E-state index contributed by atoms with van der Waals surface area (Å²) in [6.45, 7) is 5.84. The summed E-state index contributed by atoms with van der Waals surface area (Å²) < 4.78 is 16.2. The molecule has 1 saturated carbocycles. The maximum atomic E-state index is 5.90. The molecule has 1 aliphatic carbocycles. The Morgan fingerprint density at radius 2 is 1.82 bits per heavy atom. The standard InChI is InChI=1S/C13H27NO3/c1-3-14-12-6-4-5-7-13(12)17-11-10-16-9-8-15-2/h12-14H,3-11H2,1-2H3. The van der Waals surface area contributed by atoms with E-state index < -0.39 is 0 Å². The Balaban J connectivity index is 2.06. The molecule has 1 fully saturated rings. The molecule has 0 aromatic rings. The van der Waals surface area contributed by atoms with Crippen molar-refractivity contribution in [1.82, 2.24) is 5.32 Å². The van der Waals surface area contributed by atoms with Gasteiger partial charge in [-0.1, -0.05) is 19.8 Å². The molecule has 0 aromatic heterocycles. The predicted molar refractivity (Wildman–Crippen MR) is 68.4 cm³/mol. The summed E-state index contributed by atoms with van der Waals surface area (Å²) in [5.41, 5.74) is 0. The van der Waals surface area contributed by atoms with Crippen molar-refractivity contribution >= 4 is 0 Å². The van der Waals surface area contributed by atoms with E-state index in [0.717, 1.165) is 6.54 Å². The SMILES string of the molecule is CCNC1CCCCC1OCCOCCOC. The van der Waals surface area contributed by atoms with Gasteiger partial charge in [-0.15, -0.1) is 0 Å². The Kier molecular flexibility index (Phi) is 8.61. The van der Waals surface area contributed by atoms with Gasteiger partial charge in [0.15, 0.2) is 0 Å². The highest BCUT2D eigenvalue weighted by Crippen LogP contribution is 2.21. The van der Waals surface area contributed by atoms with E-state index in [-0.39, 0.29) is 0 Å². The minimum absolute atomic E-state index is 0.370. The first-order valence-electron chi connectivity index (χ1n) is 6.80. The molecule has 4 heteroatoms. The van der Waals surface area contributed by atoms with Crippen LogP contribution in [0.4, 0.5) is 0 Å². The van der Waals surface area contributed by atoms with Gasteiger partial charge in [0.05, 0.1) is 32.5 Å². The lowest BCUT2D eigenvalue weighted by molar-refractivity contribution is -0.0312. The van der Waals surface area contributed by atoms with Crippen LogP contribution < -0.4 is 5.32 Å². The number of hydrogen-bond donors (Lipinski definition) is 1. The van der Waals surface area contributed by atoms with Gasteiger partial charge in [-0.25, -0.2) is 0 Å². The molecule has 1 N–H and O–H groups in total. The largest absolute Gasteiger partial charge is 0.382 e. The minimum Gasteiger partial charge on any atom is -0.382 e. The molecule has 0 heterocycles. The topological polar surface area (TPSA) is 39.7 Å². The molecule has 102 valence electrons. The first kappa shape index (κ1) is 14.9. The number of hydrogen-bond acceptors (Lipinski definition) is 4. The van der Waals surface area contributed by atoms with Crippen molar-refractivity contribution in [2.24, 2.45) is 0 Å². The zero-order chi connectivity index (χ0) is 12.3. The van der Waals surface area contributed by atoms with Gasteiger partial charge in [0.1, 0.15) is 0 Å². The monoisotopic (exact) mass is 245 g/mol. The van der Waals surface area contributed by atoms with Crippen molar-refractivity contribution in [1.29, 1.82) is 0 Å². The van der Waals surface area contributed by atoms with Crippen LogP contribution in [-0.4, -0.2) is 52.2 Å². The summed E-state index contributed by atoms with van der Waals surface area (Å²) in [4.78, 5) is 0. The van der Waals surface area contributed by atoms with Gasteiger partial charge in [-0.2, -0.15) is 0 Å². The van der Waals surface area contributed by atoms with Crippen molar-refractivity contribution in [3.63, 3.8) is 0 Å². The molecule has 0 bridgehead atoms. The molecule has 0 saturated heterocycles. The van der Waals surface area contributed by atoms with Crippen LogP contribution in [0.15, 0.2) is 0 Å². The summed E-state index contributed by atoms with van der Waals surface area (Å²) in [5, 5.41) is 3.51. The third-order valence-electron chi connectivity index (χ3n) is 3.16. The van der Waals surface area contributed by atoms with E-state index in [2.05, 4.69) is 12.2 Å². The van der Waals surface area contributed by atoms with Gasteiger partial charge in [0.2, 0.25) is 0 Å². The Morgan fingerprint density at radius 3 is 2.59 bits per heavy atom. The molecule has 2 unspecified atom stereocenters. The fourth-order valence-electron chi connectivity index (χ4n) is 2.29. The molecule has 1 aliphatic rings. The average molecular weight is 245 g/mol. The van der Waals surface area contributed by atoms with Crippen LogP contribution in [0.2, 0.25) is 0 Å². The van der Waals surface area contributed by atoms with Crippen LogP contribution in [0.1, 0.15) is 32.6 Å². The second-order valence-electron chi connectivity index (χ2n) is 4.46. The van der Waals surface area contributed by atoms with Crippen LogP contribution in [-0.2, 0) is 14.2 Å². The summed E-state index contributed by atoms with van der Waals surface area (Å²) in [7, 11) is 1.68. The van der Waals surface area contributed by atoms with Crippen LogP contribution in [0.25, 0.3) is 0 Å². The van der Waals surface area contributed by atoms with Crippen LogP contribution in [0, 0.1) is 0 Å². The zero-order valence-electron chi connectivity index (χ0n) is 11.2. The molecule has 0 spiro atoms. The zero-order valence-corrected chi connectivity index (χ0v) is 11.2. The Labute approximate surface area is 105 Å². The fourth-order valence-corrected chi connectivity index (χ4v) is 2.29. The maximum absolute atomic E-state index is 5.90. The smallest absolute Gasteiger partial charge is 0.0729 e. The molecule has 0 aromatic carbocycles. The van der Waals surface area contributed by atoms with E-state index in [1.165, 1.54) is 25.7 Å². The van der Waals surface area contributed by atoms with Crippen LogP contribution >= 0.6 is 0 Å². The predicted octanol–water partition coefficient (Wildman–Crippen LogP) is 1.59. The Morgan fingerprint density at radius 1 is 1.06 bits per heavy atom. The molecule has 0 aliphatic heterocycles. The number of nitrogens with one attached hydrogen (secondary N) is 1. The van der Waals surface area contributed by atoms with E-state index in [9.17, 15) is 0 Å². The van der Waals surface area contributed by atoms with E-state index in [1.807, 2.05) is 0 Å². The van der Waals surface area contributed by atoms with Crippen molar-refractivity contribution in [3.05, 3.63) is 0 Å². The molecule has 0 amide bonds. The van der Waals surface area contributed by atoms with Crippen LogP contribution in [0.3, 0.4) is 0 Å². The second kappa shape index (κ2) is 9.83. The quantitative estimate of drug-likeness (QED) is 0.626. The Hall–Kier alpha value is -0.160. The average Bonchev–Trinajstić information content (AvgIpc) is 2.36. The lowest BCUT2D eigenvalue weighted by Crippen LogP contribution is -2.43. The van der Waals surface area contributed by atoms with E-state index in [1.54, 1.807) is 7.11 Å². The van der Waals surface area contributed by atoms with Gasteiger partial charge in [-0.3, -0.25) is 0 Å². The van der Waals surface area contributed by atoms with Gasteiger partial charge in [0, 0.05) is 13.2 Å². The molecule has 1 rings (SSSR count). The maximum Gasteiger partial charge on any atom is 0.0729 e. The highest BCUT2D eigenvalue weighted by Gasteiger charge is 2.24. The number of likely N-dealkylation sites (N-methyl/N-ethyl adjacent to an activating group) is 1. The van der Waals surface area contributed by atoms with Crippen LogP contribution in [0.5, 0.6) is 0 Å². The van der Waals surface area contributed by atoms with E-state index in [0.29, 0.717) is 38.6 Å². The number of rotatable bonds is 9. The Bertz CT molecular complexity index is 176. The lowest BCUT2D eigenvalue weighted by Gasteiger charge is -2.32. The highest BCUT2D eigenvalue weighted by molar-refractivity contribution is 4.81. The second-order valence-corrected chi connectivity index (χ2v) is 4.46. The summed E-state index contributed by atoms with van der Waals surface area (Å²) in [6, 6.07) is 0.535. The third kappa shape index (κ3) is 6.36. The highest BCUT2D eigenvalue weighted by atomic mass is 16.5. The van der Waals surface area contributed by atoms with Gasteiger partial charge in [-0.05, 0) is 19.4 Å². The molecule has 4 nitrogen and oxygen atoms in total. The van der Waals surface area contributed by atoms with E-state index in [4.69, 9.17) is 14.2 Å². The number of methoxy groups -OCH3 is 1.